The molecule has 0 saturated carbocycles. The minimum atomic E-state index is 0.248. The molecule has 1 rings (SSSR count). The smallest absolute Gasteiger partial charge is 0.0933 e. The second kappa shape index (κ2) is 6.38. The van der Waals surface area contributed by atoms with Gasteiger partial charge in [-0.05, 0) is 19.3 Å². The van der Waals surface area contributed by atoms with E-state index in [-0.39, 0.29) is 6.10 Å². The second-order valence-corrected chi connectivity index (χ2v) is 4.47. The number of nitrogens with one attached hydrogen (secondary N) is 1. The highest BCUT2D eigenvalue weighted by molar-refractivity contribution is 4.67. The lowest BCUT2D eigenvalue weighted by molar-refractivity contribution is -0.0548. The number of hydrogen-bond acceptors (Lipinski definition) is 3. The third-order valence-electron chi connectivity index (χ3n) is 2.37. The van der Waals surface area contributed by atoms with Gasteiger partial charge in [-0.3, -0.25) is 0 Å². The zero-order valence-electron chi connectivity index (χ0n) is 9.58. The third kappa shape index (κ3) is 4.94. The predicted octanol–water partition coefficient (Wildman–Crippen LogP) is 1.43. The average molecular weight is 201 g/mol. The molecule has 1 heterocycles. The molecule has 0 aromatic carbocycles. The molecule has 3 nitrogen and oxygen atoms in total. The predicted molar refractivity (Wildman–Crippen MR) is 57.5 cm³/mol. The van der Waals surface area contributed by atoms with E-state index in [2.05, 4.69) is 26.1 Å². The summed E-state index contributed by atoms with van der Waals surface area (Å²) in [7, 11) is 0. The van der Waals surface area contributed by atoms with E-state index in [9.17, 15) is 0 Å². The van der Waals surface area contributed by atoms with Gasteiger partial charge < -0.3 is 14.8 Å². The van der Waals surface area contributed by atoms with E-state index in [0.29, 0.717) is 12.0 Å². The zero-order valence-corrected chi connectivity index (χ0v) is 9.58. The summed E-state index contributed by atoms with van der Waals surface area (Å²) in [5.41, 5.74) is 0. The number of ether oxygens (including phenoxy) is 2. The van der Waals surface area contributed by atoms with Crippen LogP contribution in [-0.2, 0) is 9.47 Å². The van der Waals surface area contributed by atoms with Crippen molar-refractivity contribution < 1.29 is 9.47 Å². The molecule has 1 aliphatic heterocycles. The molecule has 1 N–H and O–H groups in total. The molecule has 1 fully saturated rings. The van der Waals surface area contributed by atoms with Gasteiger partial charge in [-0.1, -0.05) is 13.8 Å². The van der Waals surface area contributed by atoms with Gasteiger partial charge in [-0.25, -0.2) is 0 Å². The Morgan fingerprint density at radius 1 is 1.43 bits per heavy atom. The molecule has 0 aromatic heterocycles. The van der Waals surface area contributed by atoms with E-state index in [1.165, 1.54) is 0 Å². The summed E-state index contributed by atoms with van der Waals surface area (Å²) in [6.07, 6.45) is 1.72. The third-order valence-corrected chi connectivity index (χ3v) is 2.37. The Hall–Kier alpha value is -0.120. The van der Waals surface area contributed by atoms with Crippen molar-refractivity contribution in [3.05, 3.63) is 0 Å². The summed E-state index contributed by atoms with van der Waals surface area (Å²) < 4.78 is 11.3. The van der Waals surface area contributed by atoms with Crippen molar-refractivity contribution in [1.82, 2.24) is 5.32 Å². The highest BCUT2D eigenvalue weighted by Crippen LogP contribution is 2.08. The second-order valence-electron chi connectivity index (χ2n) is 4.47. The van der Waals surface area contributed by atoms with Crippen LogP contribution in [-0.4, -0.2) is 38.5 Å². The van der Waals surface area contributed by atoms with E-state index in [4.69, 9.17) is 9.47 Å². The Balaban J connectivity index is 2.06. The molecule has 3 heteroatoms. The Labute approximate surface area is 87.2 Å². The van der Waals surface area contributed by atoms with Gasteiger partial charge in [0.15, 0.2) is 0 Å². The first-order chi connectivity index (χ1) is 6.68. The van der Waals surface area contributed by atoms with Crippen LogP contribution in [0.15, 0.2) is 0 Å². The van der Waals surface area contributed by atoms with Gasteiger partial charge in [0.2, 0.25) is 0 Å². The summed E-state index contributed by atoms with van der Waals surface area (Å²) >= 11 is 0. The standard InChI is InChI=1S/C11H23NO2/c1-9(2)6-10(3)14-8-11-7-12-4-5-13-11/h9-12H,4-8H2,1-3H3. The maximum Gasteiger partial charge on any atom is 0.0933 e. The topological polar surface area (TPSA) is 30.5 Å². The highest BCUT2D eigenvalue weighted by atomic mass is 16.5. The van der Waals surface area contributed by atoms with Crippen molar-refractivity contribution in [2.75, 3.05) is 26.3 Å². The fraction of sp³-hybridized carbons (Fsp3) is 1.00. The average Bonchev–Trinajstić information content (AvgIpc) is 2.15. The Bertz CT molecular complexity index is 144. The van der Waals surface area contributed by atoms with Crippen LogP contribution in [0.4, 0.5) is 0 Å². The zero-order chi connectivity index (χ0) is 10.4. The van der Waals surface area contributed by atoms with Gasteiger partial charge in [0.05, 0.1) is 25.4 Å². The fourth-order valence-electron chi connectivity index (χ4n) is 1.73. The number of morpholine rings is 1. The summed E-state index contributed by atoms with van der Waals surface area (Å²) in [6, 6.07) is 0. The number of rotatable bonds is 5. The van der Waals surface area contributed by atoms with Crippen LogP contribution in [0.1, 0.15) is 27.2 Å². The van der Waals surface area contributed by atoms with Gasteiger partial charge in [-0.15, -0.1) is 0 Å². The first kappa shape index (κ1) is 12.0. The first-order valence-electron chi connectivity index (χ1n) is 5.62. The van der Waals surface area contributed by atoms with E-state index < -0.39 is 0 Å². The Morgan fingerprint density at radius 2 is 2.21 bits per heavy atom. The lowest BCUT2D eigenvalue weighted by Crippen LogP contribution is -2.41. The van der Waals surface area contributed by atoms with Crippen LogP contribution in [0.5, 0.6) is 0 Å². The molecule has 0 bridgehead atoms. The van der Waals surface area contributed by atoms with Gasteiger partial charge in [0, 0.05) is 13.1 Å². The van der Waals surface area contributed by atoms with Gasteiger partial charge in [0.1, 0.15) is 0 Å². The van der Waals surface area contributed by atoms with Crippen LogP contribution >= 0.6 is 0 Å². The van der Waals surface area contributed by atoms with E-state index in [1.54, 1.807) is 0 Å². The van der Waals surface area contributed by atoms with Crippen LogP contribution < -0.4 is 5.32 Å². The van der Waals surface area contributed by atoms with Gasteiger partial charge in [0.25, 0.3) is 0 Å². The molecule has 0 aliphatic carbocycles. The SMILES string of the molecule is CC(C)CC(C)OCC1CNCCO1. The van der Waals surface area contributed by atoms with Crippen molar-refractivity contribution >= 4 is 0 Å². The normalized spacial score (nSPS) is 25.3. The summed E-state index contributed by atoms with van der Waals surface area (Å²) in [4.78, 5) is 0. The first-order valence-corrected chi connectivity index (χ1v) is 5.62. The largest absolute Gasteiger partial charge is 0.376 e. The molecular formula is C11H23NO2. The van der Waals surface area contributed by atoms with Crippen LogP contribution in [0, 0.1) is 5.92 Å². The van der Waals surface area contributed by atoms with Crippen molar-refractivity contribution in [2.24, 2.45) is 5.92 Å². The molecular weight excluding hydrogens is 178 g/mol. The molecule has 2 unspecified atom stereocenters. The minimum absolute atomic E-state index is 0.248. The van der Waals surface area contributed by atoms with Gasteiger partial charge in [-0.2, -0.15) is 0 Å². The lowest BCUT2D eigenvalue weighted by Gasteiger charge is -2.25. The van der Waals surface area contributed by atoms with Gasteiger partial charge >= 0.3 is 0 Å². The molecule has 0 aromatic rings. The van der Waals surface area contributed by atoms with E-state index >= 15 is 0 Å². The van der Waals surface area contributed by atoms with Crippen molar-refractivity contribution in [3.8, 4) is 0 Å². The molecule has 0 spiro atoms. The monoisotopic (exact) mass is 201 g/mol. The minimum Gasteiger partial charge on any atom is -0.376 e. The maximum absolute atomic E-state index is 5.73. The molecule has 1 saturated heterocycles. The highest BCUT2D eigenvalue weighted by Gasteiger charge is 2.15. The molecule has 1 aliphatic rings. The quantitative estimate of drug-likeness (QED) is 0.730. The maximum atomic E-state index is 5.73. The van der Waals surface area contributed by atoms with Crippen molar-refractivity contribution in [3.63, 3.8) is 0 Å². The van der Waals surface area contributed by atoms with Crippen LogP contribution in [0.3, 0.4) is 0 Å². The van der Waals surface area contributed by atoms with Crippen molar-refractivity contribution in [2.45, 2.75) is 39.4 Å². The molecule has 2 atom stereocenters. The van der Waals surface area contributed by atoms with Crippen LogP contribution in [0.2, 0.25) is 0 Å². The fourth-order valence-corrected chi connectivity index (χ4v) is 1.73. The summed E-state index contributed by atoms with van der Waals surface area (Å²) in [6.45, 7) is 10.0. The van der Waals surface area contributed by atoms with E-state index in [0.717, 1.165) is 32.7 Å². The Kier molecular flexibility index (Phi) is 5.45. The van der Waals surface area contributed by atoms with E-state index in [1.807, 2.05) is 0 Å². The Morgan fingerprint density at radius 3 is 2.79 bits per heavy atom. The molecule has 0 radical (unpaired) electrons. The van der Waals surface area contributed by atoms with Crippen LogP contribution in [0.25, 0.3) is 0 Å². The van der Waals surface area contributed by atoms with Crippen molar-refractivity contribution in [1.29, 1.82) is 0 Å². The molecule has 0 amide bonds. The summed E-state index contributed by atoms with van der Waals surface area (Å²) in [5.74, 6) is 0.704. The molecule has 14 heavy (non-hydrogen) atoms. The summed E-state index contributed by atoms with van der Waals surface area (Å²) in [5, 5.41) is 3.29. The lowest BCUT2D eigenvalue weighted by atomic mass is 10.1. The number of hydrogen-bond donors (Lipinski definition) is 1. The molecule has 84 valence electrons.